The number of hydrogen-bond donors (Lipinski definition) is 1. The van der Waals surface area contributed by atoms with E-state index in [1.165, 1.54) is 6.07 Å². The van der Waals surface area contributed by atoms with Gasteiger partial charge in [0.1, 0.15) is 5.82 Å². The van der Waals surface area contributed by atoms with Gasteiger partial charge in [-0.25, -0.2) is 4.39 Å². The van der Waals surface area contributed by atoms with Gasteiger partial charge in [-0.15, -0.1) is 0 Å². The molecule has 1 nitrogen and oxygen atoms in total. The molecule has 1 aromatic carbocycles. The van der Waals surface area contributed by atoms with Crippen LogP contribution in [-0.2, 0) is 0 Å². The first-order valence-corrected chi connectivity index (χ1v) is 6.10. The van der Waals surface area contributed by atoms with Crippen LogP contribution in [0.4, 0.5) is 4.39 Å². The number of nitrogens with one attached hydrogen (secondary N) is 1. The van der Waals surface area contributed by atoms with Crippen LogP contribution in [0, 0.1) is 12.7 Å². The molecule has 0 aliphatic heterocycles. The highest BCUT2D eigenvalue weighted by Crippen LogP contribution is 2.28. The number of hydrogen-bond acceptors (Lipinski definition) is 1. The van der Waals surface area contributed by atoms with Crippen LogP contribution < -0.4 is 5.32 Å². The van der Waals surface area contributed by atoms with Crippen LogP contribution >= 0.6 is 11.6 Å². The molecule has 0 aromatic heterocycles. The average molecular weight is 244 g/mol. The van der Waals surface area contributed by atoms with Gasteiger partial charge in [-0.3, -0.25) is 0 Å². The summed E-state index contributed by atoms with van der Waals surface area (Å²) in [5.74, 6) is -0.237. The Morgan fingerprint density at radius 2 is 2.12 bits per heavy atom. The second-order valence-corrected chi connectivity index (χ2v) is 4.51. The summed E-state index contributed by atoms with van der Waals surface area (Å²) in [6.45, 7) is 3.92. The van der Waals surface area contributed by atoms with E-state index in [0.717, 1.165) is 24.8 Å². The van der Waals surface area contributed by atoms with E-state index in [1.807, 2.05) is 13.1 Å². The highest BCUT2D eigenvalue weighted by atomic mass is 35.5. The van der Waals surface area contributed by atoms with Crippen molar-refractivity contribution in [1.82, 2.24) is 5.32 Å². The van der Waals surface area contributed by atoms with Crippen LogP contribution in [0.25, 0.3) is 0 Å². The number of unbranched alkanes of at least 4 members (excludes halogenated alkanes) is 1. The SMILES string of the molecule is CCCCC(NC)c1cc(C)c(F)cc1Cl. The van der Waals surface area contributed by atoms with Crippen LogP contribution in [0.5, 0.6) is 0 Å². The largest absolute Gasteiger partial charge is 0.313 e. The Morgan fingerprint density at radius 3 is 2.69 bits per heavy atom. The molecule has 1 unspecified atom stereocenters. The number of rotatable bonds is 5. The van der Waals surface area contributed by atoms with Crippen LogP contribution in [0.1, 0.15) is 43.4 Å². The molecule has 0 aliphatic rings. The summed E-state index contributed by atoms with van der Waals surface area (Å²) in [4.78, 5) is 0. The highest BCUT2D eigenvalue weighted by Gasteiger charge is 2.14. The van der Waals surface area contributed by atoms with Crippen molar-refractivity contribution in [3.8, 4) is 0 Å². The summed E-state index contributed by atoms with van der Waals surface area (Å²) in [6.07, 6.45) is 3.31. The molecule has 0 amide bonds. The molecule has 1 aromatic rings. The maximum absolute atomic E-state index is 13.3. The summed E-state index contributed by atoms with van der Waals surface area (Å²) in [7, 11) is 1.91. The first-order valence-electron chi connectivity index (χ1n) is 5.73. The summed E-state index contributed by atoms with van der Waals surface area (Å²) < 4.78 is 13.3. The molecule has 0 radical (unpaired) electrons. The lowest BCUT2D eigenvalue weighted by molar-refractivity contribution is 0.520. The van der Waals surface area contributed by atoms with Crippen molar-refractivity contribution >= 4 is 11.6 Å². The predicted octanol–water partition coefficient (Wildman–Crippen LogP) is 4.24. The Hall–Kier alpha value is -0.600. The molecule has 1 rings (SSSR count). The molecule has 0 aliphatic carbocycles. The lowest BCUT2D eigenvalue weighted by Crippen LogP contribution is -2.17. The molecule has 0 fully saturated rings. The van der Waals surface area contributed by atoms with E-state index in [0.29, 0.717) is 10.6 Å². The summed E-state index contributed by atoms with van der Waals surface area (Å²) in [5.41, 5.74) is 1.65. The topological polar surface area (TPSA) is 12.0 Å². The molecule has 3 heteroatoms. The summed E-state index contributed by atoms with van der Waals surface area (Å²) in [6, 6.07) is 3.46. The third-order valence-electron chi connectivity index (χ3n) is 2.85. The van der Waals surface area contributed by atoms with Gasteiger partial charge in [-0.2, -0.15) is 0 Å². The maximum atomic E-state index is 13.3. The normalized spacial score (nSPS) is 12.8. The third-order valence-corrected chi connectivity index (χ3v) is 3.18. The van der Waals surface area contributed by atoms with Crippen molar-refractivity contribution < 1.29 is 4.39 Å². The van der Waals surface area contributed by atoms with Crippen molar-refractivity contribution in [1.29, 1.82) is 0 Å². The fraction of sp³-hybridized carbons (Fsp3) is 0.538. The quantitative estimate of drug-likeness (QED) is 0.816. The summed E-state index contributed by atoms with van der Waals surface area (Å²) in [5, 5.41) is 3.75. The second kappa shape index (κ2) is 6.21. The molecule has 90 valence electrons. The minimum atomic E-state index is -0.237. The predicted molar refractivity (Wildman–Crippen MR) is 67.5 cm³/mol. The molecule has 0 saturated carbocycles. The van der Waals surface area contributed by atoms with Crippen LogP contribution in [-0.4, -0.2) is 7.05 Å². The fourth-order valence-corrected chi connectivity index (χ4v) is 2.09. The van der Waals surface area contributed by atoms with Crippen molar-refractivity contribution in [2.45, 2.75) is 39.2 Å². The maximum Gasteiger partial charge on any atom is 0.127 e. The van der Waals surface area contributed by atoms with Crippen molar-refractivity contribution in [2.24, 2.45) is 0 Å². The molecule has 16 heavy (non-hydrogen) atoms. The summed E-state index contributed by atoms with van der Waals surface area (Å²) >= 11 is 6.07. The van der Waals surface area contributed by atoms with E-state index in [4.69, 9.17) is 11.6 Å². The number of benzene rings is 1. The first kappa shape index (κ1) is 13.5. The minimum absolute atomic E-state index is 0.215. The Morgan fingerprint density at radius 1 is 1.44 bits per heavy atom. The molecule has 0 spiro atoms. The number of aryl methyl sites for hydroxylation is 1. The molecule has 0 heterocycles. The zero-order valence-electron chi connectivity index (χ0n) is 10.1. The van der Waals surface area contributed by atoms with Gasteiger partial charge in [-0.1, -0.05) is 37.4 Å². The lowest BCUT2D eigenvalue weighted by Gasteiger charge is -2.18. The highest BCUT2D eigenvalue weighted by molar-refractivity contribution is 6.31. The van der Waals surface area contributed by atoms with Gasteiger partial charge in [0, 0.05) is 11.1 Å². The lowest BCUT2D eigenvalue weighted by atomic mass is 9.99. The van der Waals surface area contributed by atoms with Gasteiger partial charge in [0.05, 0.1) is 0 Å². The zero-order valence-corrected chi connectivity index (χ0v) is 10.9. The third kappa shape index (κ3) is 3.19. The Kier molecular flexibility index (Phi) is 5.23. The van der Waals surface area contributed by atoms with Crippen molar-refractivity contribution in [2.75, 3.05) is 7.05 Å². The van der Waals surface area contributed by atoms with Gasteiger partial charge in [-0.05, 0) is 37.6 Å². The molecule has 1 N–H and O–H groups in total. The Balaban J connectivity index is 2.95. The molecular formula is C13H19ClFN. The van der Waals surface area contributed by atoms with Gasteiger partial charge in [0.2, 0.25) is 0 Å². The van der Waals surface area contributed by atoms with E-state index in [1.54, 1.807) is 6.92 Å². The minimum Gasteiger partial charge on any atom is -0.313 e. The van der Waals surface area contributed by atoms with E-state index in [9.17, 15) is 4.39 Å². The van der Waals surface area contributed by atoms with E-state index >= 15 is 0 Å². The second-order valence-electron chi connectivity index (χ2n) is 4.11. The average Bonchev–Trinajstić information content (AvgIpc) is 2.26. The monoisotopic (exact) mass is 243 g/mol. The zero-order chi connectivity index (χ0) is 12.1. The van der Waals surface area contributed by atoms with Gasteiger partial charge in [0.15, 0.2) is 0 Å². The van der Waals surface area contributed by atoms with Crippen LogP contribution in [0.15, 0.2) is 12.1 Å². The molecule has 1 atom stereocenters. The van der Waals surface area contributed by atoms with E-state index in [2.05, 4.69) is 12.2 Å². The van der Waals surface area contributed by atoms with Gasteiger partial charge < -0.3 is 5.32 Å². The van der Waals surface area contributed by atoms with Crippen LogP contribution in [0.3, 0.4) is 0 Å². The van der Waals surface area contributed by atoms with E-state index in [-0.39, 0.29) is 11.9 Å². The molecule has 0 bridgehead atoms. The van der Waals surface area contributed by atoms with E-state index < -0.39 is 0 Å². The smallest absolute Gasteiger partial charge is 0.127 e. The van der Waals surface area contributed by atoms with Crippen molar-refractivity contribution in [3.63, 3.8) is 0 Å². The van der Waals surface area contributed by atoms with Gasteiger partial charge >= 0.3 is 0 Å². The molecule has 0 saturated heterocycles. The van der Waals surface area contributed by atoms with Gasteiger partial charge in [0.25, 0.3) is 0 Å². The first-order chi connectivity index (χ1) is 7.60. The van der Waals surface area contributed by atoms with Crippen LogP contribution in [0.2, 0.25) is 5.02 Å². The standard InChI is InChI=1S/C13H19ClFN/c1-4-5-6-13(16-3)10-7-9(2)12(15)8-11(10)14/h7-8,13,16H,4-6H2,1-3H3. The Labute approximate surface area is 102 Å². The van der Waals surface area contributed by atoms with Crippen molar-refractivity contribution in [3.05, 3.63) is 34.1 Å². The fourth-order valence-electron chi connectivity index (χ4n) is 1.81. The molecular weight excluding hydrogens is 225 g/mol. The Bertz CT molecular complexity index is 352. The number of halogens is 2.